The zero-order valence-corrected chi connectivity index (χ0v) is 15.5. The third-order valence-corrected chi connectivity index (χ3v) is 4.77. The number of amides is 2. The van der Waals surface area contributed by atoms with Gasteiger partial charge in [-0.3, -0.25) is 9.59 Å². The summed E-state index contributed by atoms with van der Waals surface area (Å²) < 4.78 is 4.96. The molecule has 2 atom stereocenters. The fourth-order valence-electron chi connectivity index (χ4n) is 3.30. The lowest BCUT2D eigenvalue weighted by molar-refractivity contribution is -0.134. The average molecular weight is 348 g/mol. The highest BCUT2D eigenvalue weighted by Crippen LogP contribution is 2.26. The highest BCUT2D eigenvalue weighted by molar-refractivity contribution is 5.97. The van der Waals surface area contributed by atoms with Crippen LogP contribution in [0, 0.1) is 19.8 Å². The lowest BCUT2D eigenvalue weighted by atomic mass is 9.98. The molecule has 0 aliphatic carbocycles. The van der Waals surface area contributed by atoms with Crippen LogP contribution in [0.3, 0.4) is 0 Å². The number of carbonyl (C=O) groups excluding carboxylic acids is 2. The SMILES string of the molecule is CCC[C@H]1CN(C(=O)COC)C[C@@H]1Nc1nc(C)c(C)cc1C(N)=O. The second-order valence-corrected chi connectivity index (χ2v) is 6.68. The molecule has 7 heteroatoms. The van der Waals surface area contributed by atoms with Crippen molar-refractivity contribution in [2.24, 2.45) is 11.7 Å². The van der Waals surface area contributed by atoms with Crippen LogP contribution in [0.1, 0.15) is 41.4 Å². The number of aromatic nitrogens is 1. The summed E-state index contributed by atoms with van der Waals surface area (Å²) in [6.45, 7) is 7.26. The van der Waals surface area contributed by atoms with Gasteiger partial charge in [-0.2, -0.15) is 0 Å². The van der Waals surface area contributed by atoms with Gasteiger partial charge in [-0.15, -0.1) is 0 Å². The normalized spacial score (nSPS) is 19.9. The van der Waals surface area contributed by atoms with E-state index in [1.807, 2.05) is 18.7 Å². The van der Waals surface area contributed by atoms with Gasteiger partial charge in [0, 0.05) is 31.9 Å². The molecule has 0 saturated carbocycles. The van der Waals surface area contributed by atoms with Gasteiger partial charge in [0.25, 0.3) is 5.91 Å². The Hall–Kier alpha value is -2.15. The second kappa shape index (κ2) is 8.29. The number of nitrogens with two attached hydrogens (primary N) is 1. The molecule has 0 aromatic carbocycles. The van der Waals surface area contributed by atoms with Crippen molar-refractivity contribution in [1.82, 2.24) is 9.88 Å². The molecule has 1 fully saturated rings. The maximum atomic E-state index is 12.2. The van der Waals surface area contributed by atoms with Crippen LogP contribution in [-0.2, 0) is 9.53 Å². The largest absolute Gasteiger partial charge is 0.375 e. The predicted octanol–water partition coefficient (Wildman–Crippen LogP) is 1.48. The summed E-state index contributed by atoms with van der Waals surface area (Å²) in [5.74, 6) is 0.282. The quantitative estimate of drug-likeness (QED) is 0.778. The van der Waals surface area contributed by atoms with Crippen molar-refractivity contribution < 1.29 is 14.3 Å². The molecule has 0 spiro atoms. The molecule has 2 heterocycles. The minimum Gasteiger partial charge on any atom is -0.375 e. The van der Waals surface area contributed by atoms with Crippen LogP contribution >= 0.6 is 0 Å². The van der Waals surface area contributed by atoms with Gasteiger partial charge in [-0.1, -0.05) is 13.3 Å². The highest BCUT2D eigenvalue weighted by Gasteiger charge is 2.35. The maximum Gasteiger partial charge on any atom is 0.252 e. The van der Waals surface area contributed by atoms with E-state index in [0.717, 1.165) is 24.1 Å². The number of nitrogens with one attached hydrogen (secondary N) is 1. The molecule has 7 nitrogen and oxygen atoms in total. The number of carbonyl (C=O) groups is 2. The van der Waals surface area contributed by atoms with E-state index >= 15 is 0 Å². The lowest BCUT2D eigenvalue weighted by Gasteiger charge is -2.21. The monoisotopic (exact) mass is 348 g/mol. The summed E-state index contributed by atoms with van der Waals surface area (Å²) in [6.07, 6.45) is 2.02. The molecule has 1 aromatic heterocycles. The minimum absolute atomic E-state index is 0.0175. The first-order valence-corrected chi connectivity index (χ1v) is 8.68. The van der Waals surface area contributed by atoms with E-state index in [2.05, 4.69) is 17.2 Å². The Morgan fingerprint density at radius 3 is 2.72 bits per heavy atom. The third-order valence-electron chi connectivity index (χ3n) is 4.77. The van der Waals surface area contributed by atoms with Gasteiger partial charge >= 0.3 is 0 Å². The molecule has 1 aromatic rings. The summed E-state index contributed by atoms with van der Waals surface area (Å²) in [5.41, 5.74) is 7.68. The zero-order valence-electron chi connectivity index (χ0n) is 15.5. The van der Waals surface area contributed by atoms with E-state index < -0.39 is 5.91 Å². The van der Waals surface area contributed by atoms with Crippen LogP contribution in [0.2, 0.25) is 0 Å². The van der Waals surface area contributed by atoms with Gasteiger partial charge in [0.1, 0.15) is 12.4 Å². The first-order chi connectivity index (χ1) is 11.9. The first kappa shape index (κ1) is 19.2. The zero-order chi connectivity index (χ0) is 18.6. The molecule has 1 aliphatic heterocycles. The van der Waals surface area contributed by atoms with E-state index in [-0.39, 0.29) is 18.6 Å². The number of hydrogen-bond donors (Lipinski definition) is 2. The third kappa shape index (κ3) is 4.48. The van der Waals surface area contributed by atoms with Crippen LogP contribution in [0.4, 0.5) is 5.82 Å². The van der Waals surface area contributed by atoms with Gasteiger partial charge in [0.15, 0.2) is 0 Å². The second-order valence-electron chi connectivity index (χ2n) is 6.68. The molecule has 1 aliphatic rings. The first-order valence-electron chi connectivity index (χ1n) is 8.68. The molecule has 3 N–H and O–H groups in total. The smallest absolute Gasteiger partial charge is 0.252 e. The molecule has 1 saturated heterocycles. The average Bonchev–Trinajstić information content (AvgIpc) is 2.94. The number of rotatable bonds is 7. The Morgan fingerprint density at radius 1 is 1.40 bits per heavy atom. The molecular formula is C18H28N4O3. The molecule has 25 heavy (non-hydrogen) atoms. The van der Waals surface area contributed by atoms with Crippen LogP contribution in [0.15, 0.2) is 6.07 Å². The summed E-state index contributed by atoms with van der Waals surface area (Å²) >= 11 is 0. The number of anilines is 1. The van der Waals surface area contributed by atoms with Gasteiger partial charge in [0.05, 0.1) is 5.56 Å². The van der Waals surface area contributed by atoms with Crippen molar-refractivity contribution in [3.63, 3.8) is 0 Å². The predicted molar refractivity (Wildman–Crippen MR) is 96.5 cm³/mol. The van der Waals surface area contributed by atoms with E-state index in [1.54, 1.807) is 6.07 Å². The molecule has 2 rings (SSSR count). The van der Waals surface area contributed by atoms with Crippen molar-refractivity contribution >= 4 is 17.6 Å². The maximum absolute atomic E-state index is 12.2. The fourth-order valence-corrected chi connectivity index (χ4v) is 3.30. The van der Waals surface area contributed by atoms with E-state index in [4.69, 9.17) is 10.5 Å². The number of ether oxygens (including phenoxy) is 1. The molecule has 0 unspecified atom stereocenters. The Kier molecular flexibility index (Phi) is 6.36. The van der Waals surface area contributed by atoms with E-state index in [0.29, 0.717) is 30.4 Å². The summed E-state index contributed by atoms with van der Waals surface area (Å²) in [4.78, 5) is 30.3. The van der Waals surface area contributed by atoms with Gasteiger partial charge in [-0.05, 0) is 37.8 Å². The number of aryl methyl sites for hydroxylation is 2. The highest BCUT2D eigenvalue weighted by atomic mass is 16.5. The van der Waals surface area contributed by atoms with Gasteiger partial charge in [0.2, 0.25) is 5.91 Å². The molecule has 138 valence electrons. The number of methoxy groups -OCH3 is 1. The van der Waals surface area contributed by atoms with Crippen LogP contribution in [0.5, 0.6) is 0 Å². The molecular weight excluding hydrogens is 320 g/mol. The van der Waals surface area contributed by atoms with E-state index in [1.165, 1.54) is 7.11 Å². The van der Waals surface area contributed by atoms with Crippen molar-refractivity contribution in [3.8, 4) is 0 Å². The van der Waals surface area contributed by atoms with Crippen molar-refractivity contribution in [3.05, 3.63) is 22.9 Å². The minimum atomic E-state index is -0.504. The van der Waals surface area contributed by atoms with Gasteiger partial charge < -0.3 is 20.7 Å². The summed E-state index contributed by atoms with van der Waals surface area (Å²) in [5, 5.41) is 3.37. The van der Waals surface area contributed by atoms with Gasteiger partial charge in [-0.25, -0.2) is 4.98 Å². The Bertz CT molecular complexity index is 647. The van der Waals surface area contributed by atoms with Crippen LogP contribution < -0.4 is 11.1 Å². The van der Waals surface area contributed by atoms with Crippen LogP contribution in [-0.4, -0.2) is 54.5 Å². The number of nitrogens with zero attached hydrogens (tertiary/aromatic N) is 2. The van der Waals surface area contributed by atoms with Crippen molar-refractivity contribution in [2.75, 3.05) is 32.1 Å². The lowest BCUT2D eigenvalue weighted by Crippen LogP contribution is -2.34. The van der Waals surface area contributed by atoms with Crippen molar-refractivity contribution in [1.29, 1.82) is 0 Å². The number of pyridine rings is 1. The molecule has 0 bridgehead atoms. The Morgan fingerprint density at radius 2 is 2.12 bits per heavy atom. The number of likely N-dealkylation sites (tertiary alicyclic amines) is 1. The number of hydrogen-bond acceptors (Lipinski definition) is 5. The van der Waals surface area contributed by atoms with Crippen molar-refractivity contribution in [2.45, 2.75) is 39.7 Å². The molecule has 0 radical (unpaired) electrons. The topological polar surface area (TPSA) is 97.6 Å². The van der Waals surface area contributed by atoms with Crippen LogP contribution in [0.25, 0.3) is 0 Å². The Labute approximate surface area is 148 Å². The Balaban J connectivity index is 2.23. The summed E-state index contributed by atoms with van der Waals surface area (Å²) in [7, 11) is 1.52. The number of primary amides is 1. The molecule has 2 amide bonds. The standard InChI is InChI=1S/C18H28N4O3/c1-5-6-13-8-22(16(23)10-25-4)9-15(13)21-18-14(17(19)24)7-11(2)12(3)20-18/h7,13,15H,5-6,8-10H2,1-4H3,(H2,19,24)(H,20,21)/t13-,15-/m0/s1. The van der Waals surface area contributed by atoms with E-state index in [9.17, 15) is 9.59 Å². The fraction of sp³-hybridized carbons (Fsp3) is 0.611. The summed E-state index contributed by atoms with van der Waals surface area (Å²) in [6, 6.07) is 1.80.